The van der Waals surface area contributed by atoms with Crippen LogP contribution in [0.5, 0.6) is 0 Å². The summed E-state index contributed by atoms with van der Waals surface area (Å²) in [5.74, 6) is -1.11. The smallest absolute Gasteiger partial charge is 0.332 e. The fraction of sp³-hybridized carbons (Fsp3) is 0.368. The van der Waals surface area contributed by atoms with E-state index in [1.807, 2.05) is 0 Å². The largest absolute Gasteiger partial charge is 0.457 e. The molecule has 0 aliphatic rings. The highest BCUT2D eigenvalue weighted by Crippen LogP contribution is 2.17. The molecular weight excluding hydrogens is 426 g/mol. The van der Waals surface area contributed by atoms with Crippen molar-refractivity contribution >= 4 is 40.2 Å². The molecule has 3 rings (SSSR count). The van der Waals surface area contributed by atoms with E-state index in [1.54, 1.807) is 12.1 Å². The first-order valence-electron chi connectivity index (χ1n) is 9.32. The molecule has 3 aromatic rings. The molecule has 0 saturated carbocycles. The molecule has 0 atom stereocenters. The summed E-state index contributed by atoms with van der Waals surface area (Å²) in [6, 6.07) is 3.35. The highest BCUT2D eigenvalue weighted by Gasteiger charge is 2.16. The zero-order chi connectivity index (χ0) is 22.7. The van der Waals surface area contributed by atoms with Crippen LogP contribution in [0.15, 0.2) is 28.0 Å². The number of Topliss-reactive ketones (excluding diaryl/α,β-unsaturated/α-hetero) is 1. The zero-order valence-corrected chi connectivity index (χ0v) is 18.0. The maximum absolute atomic E-state index is 12.4. The van der Waals surface area contributed by atoms with E-state index in [0.29, 0.717) is 11.4 Å². The first-order valence-corrected chi connectivity index (χ1v) is 10.1. The van der Waals surface area contributed by atoms with Gasteiger partial charge in [-0.1, -0.05) is 0 Å². The third kappa shape index (κ3) is 4.79. The molecule has 0 fully saturated rings. The molecule has 11 nitrogen and oxygen atoms in total. The minimum atomic E-state index is -0.605. The molecule has 31 heavy (non-hydrogen) atoms. The standard InChI is InChI=1S/C19H21N5O6S/c1-11(25)20-8-12-4-5-14(31-12)13(26)9-30-15(27)6-7-24-10-21-17-16(24)18(28)23(3)19(29)22(17)2/h4-5,10H,6-9H2,1-3H3,(H,20,25). The summed E-state index contributed by atoms with van der Waals surface area (Å²) >= 11 is 1.22. The van der Waals surface area contributed by atoms with E-state index in [2.05, 4.69) is 10.3 Å². The van der Waals surface area contributed by atoms with Gasteiger partial charge in [0.05, 0.1) is 24.2 Å². The number of aryl methyl sites for hydroxylation is 2. The number of imidazole rings is 1. The quantitative estimate of drug-likeness (QED) is 0.378. The summed E-state index contributed by atoms with van der Waals surface area (Å²) in [7, 11) is 2.88. The molecule has 0 radical (unpaired) electrons. The lowest BCUT2D eigenvalue weighted by molar-refractivity contribution is -0.142. The lowest BCUT2D eigenvalue weighted by atomic mass is 10.3. The summed E-state index contributed by atoms with van der Waals surface area (Å²) in [4.78, 5) is 64.9. The van der Waals surface area contributed by atoms with Crippen LogP contribution < -0.4 is 16.6 Å². The van der Waals surface area contributed by atoms with Gasteiger partial charge >= 0.3 is 11.7 Å². The molecule has 164 valence electrons. The van der Waals surface area contributed by atoms with E-state index in [4.69, 9.17) is 4.74 Å². The minimum absolute atomic E-state index is 0.0804. The average Bonchev–Trinajstić information content (AvgIpc) is 3.38. The van der Waals surface area contributed by atoms with Gasteiger partial charge in [-0.15, -0.1) is 11.3 Å². The number of rotatable bonds is 8. The number of carbonyl (C=O) groups is 3. The first-order chi connectivity index (χ1) is 14.7. The molecule has 0 spiro atoms. The lowest BCUT2D eigenvalue weighted by Crippen LogP contribution is -2.37. The zero-order valence-electron chi connectivity index (χ0n) is 17.2. The summed E-state index contributed by atoms with van der Waals surface area (Å²) in [6.45, 7) is 1.44. The Morgan fingerprint density at radius 3 is 2.61 bits per heavy atom. The van der Waals surface area contributed by atoms with Gasteiger partial charge in [0, 0.05) is 32.4 Å². The Labute approximate surface area is 179 Å². The maximum Gasteiger partial charge on any atom is 0.332 e. The molecule has 0 unspecified atom stereocenters. The number of carbonyl (C=O) groups excluding carboxylic acids is 3. The van der Waals surface area contributed by atoms with Crippen molar-refractivity contribution in [2.24, 2.45) is 14.1 Å². The third-order valence-electron chi connectivity index (χ3n) is 4.59. The van der Waals surface area contributed by atoms with Crippen molar-refractivity contribution < 1.29 is 19.1 Å². The number of hydrogen-bond acceptors (Lipinski definition) is 8. The Morgan fingerprint density at radius 1 is 1.16 bits per heavy atom. The number of ether oxygens (including phenoxy) is 1. The van der Waals surface area contributed by atoms with Gasteiger partial charge < -0.3 is 14.6 Å². The topological polar surface area (TPSA) is 134 Å². The van der Waals surface area contributed by atoms with Crippen molar-refractivity contribution in [1.29, 1.82) is 0 Å². The number of thiophene rings is 1. The van der Waals surface area contributed by atoms with Crippen LogP contribution in [0, 0.1) is 0 Å². The number of amides is 1. The van der Waals surface area contributed by atoms with Crippen molar-refractivity contribution in [3.63, 3.8) is 0 Å². The number of hydrogen-bond donors (Lipinski definition) is 1. The van der Waals surface area contributed by atoms with Crippen LogP contribution in [0.25, 0.3) is 11.2 Å². The average molecular weight is 447 g/mol. The number of fused-ring (bicyclic) bond motifs is 1. The first kappa shape index (κ1) is 22.2. The van der Waals surface area contributed by atoms with Crippen molar-refractivity contribution in [3.8, 4) is 0 Å². The van der Waals surface area contributed by atoms with E-state index < -0.39 is 23.8 Å². The molecule has 3 heterocycles. The van der Waals surface area contributed by atoms with Crippen LogP contribution in [-0.2, 0) is 41.5 Å². The summed E-state index contributed by atoms with van der Waals surface area (Å²) in [5, 5.41) is 2.65. The minimum Gasteiger partial charge on any atom is -0.457 e. The van der Waals surface area contributed by atoms with Gasteiger partial charge in [-0.25, -0.2) is 9.78 Å². The Balaban J connectivity index is 1.58. The Kier molecular flexibility index (Phi) is 6.49. The highest BCUT2D eigenvalue weighted by molar-refractivity contribution is 7.14. The second kappa shape index (κ2) is 9.08. The van der Waals surface area contributed by atoms with Gasteiger partial charge in [0.2, 0.25) is 11.7 Å². The van der Waals surface area contributed by atoms with E-state index in [1.165, 1.54) is 47.8 Å². The second-order valence-electron chi connectivity index (χ2n) is 6.83. The number of ketones is 1. The van der Waals surface area contributed by atoms with Crippen LogP contribution in [0.1, 0.15) is 27.9 Å². The van der Waals surface area contributed by atoms with E-state index in [9.17, 15) is 24.0 Å². The predicted molar refractivity (Wildman–Crippen MR) is 112 cm³/mol. The summed E-state index contributed by atoms with van der Waals surface area (Å²) in [5.41, 5.74) is -0.565. The third-order valence-corrected chi connectivity index (χ3v) is 5.71. The van der Waals surface area contributed by atoms with Gasteiger partial charge in [-0.2, -0.15) is 0 Å². The van der Waals surface area contributed by atoms with Gasteiger partial charge in [0.25, 0.3) is 5.56 Å². The van der Waals surface area contributed by atoms with Gasteiger partial charge in [-0.3, -0.25) is 28.3 Å². The molecule has 1 amide bonds. The van der Waals surface area contributed by atoms with Crippen LogP contribution in [0.2, 0.25) is 0 Å². The van der Waals surface area contributed by atoms with Crippen molar-refractivity contribution in [3.05, 3.63) is 49.1 Å². The van der Waals surface area contributed by atoms with Crippen LogP contribution in [-0.4, -0.2) is 43.0 Å². The van der Waals surface area contributed by atoms with Crippen molar-refractivity contribution in [2.45, 2.75) is 26.4 Å². The monoisotopic (exact) mass is 447 g/mol. The molecule has 0 aliphatic heterocycles. The lowest BCUT2D eigenvalue weighted by Gasteiger charge is -2.07. The van der Waals surface area contributed by atoms with Gasteiger partial charge in [0.1, 0.15) is 0 Å². The van der Waals surface area contributed by atoms with Crippen LogP contribution in [0.4, 0.5) is 0 Å². The van der Waals surface area contributed by atoms with E-state index in [0.717, 1.165) is 9.44 Å². The predicted octanol–water partition coefficient (Wildman–Crippen LogP) is -0.0525. The van der Waals surface area contributed by atoms with Crippen LogP contribution >= 0.6 is 11.3 Å². The normalized spacial score (nSPS) is 10.9. The molecule has 1 N–H and O–H groups in total. The molecular formula is C19H21N5O6S. The summed E-state index contributed by atoms with van der Waals surface area (Å²) in [6.07, 6.45) is 1.30. The SMILES string of the molecule is CC(=O)NCc1ccc(C(=O)COC(=O)CCn2cnc3c2c(=O)n(C)c(=O)n3C)s1. The molecule has 0 saturated heterocycles. The van der Waals surface area contributed by atoms with E-state index >= 15 is 0 Å². The van der Waals surface area contributed by atoms with Gasteiger partial charge in [0.15, 0.2) is 17.8 Å². The number of nitrogens with zero attached hydrogens (tertiary/aromatic N) is 4. The number of esters is 1. The Bertz CT molecular complexity index is 1280. The van der Waals surface area contributed by atoms with Crippen LogP contribution in [0.3, 0.4) is 0 Å². The van der Waals surface area contributed by atoms with E-state index in [-0.39, 0.29) is 35.8 Å². The fourth-order valence-electron chi connectivity index (χ4n) is 2.90. The Hall–Kier alpha value is -3.54. The van der Waals surface area contributed by atoms with Crippen molar-refractivity contribution in [2.75, 3.05) is 6.61 Å². The molecule has 0 bridgehead atoms. The Morgan fingerprint density at radius 2 is 1.90 bits per heavy atom. The second-order valence-corrected chi connectivity index (χ2v) is 7.99. The fourth-order valence-corrected chi connectivity index (χ4v) is 3.77. The number of aromatic nitrogens is 4. The highest BCUT2D eigenvalue weighted by atomic mass is 32.1. The maximum atomic E-state index is 12.4. The summed E-state index contributed by atoms with van der Waals surface area (Å²) < 4.78 is 8.76. The molecule has 0 aliphatic carbocycles. The number of nitrogens with one attached hydrogen (secondary N) is 1. The molecule has 12 heteroatoms. The van der Waals surface area contributed by atoms with Gasteiger partial charge in [-0.05, 0) is 12.1 Å². The molecule has 0 aromatic carbocycles. The molecule has 3 aromatic heterocycles. The van der Waals surface area contributed by atoms with Crippen molar-refractivity contribution in [1.82, 2.24) is 24.0 Å².